The monoisotopic (exact) mass is 265 g/mol. The van der Waals surface area contributed by atoms with Crippen molar-refractivity contribution in [3.05, 3.63) is 23.8 Å². The van der Waals surface area contributed by atoms with E-state index in [4.69, 9.17) is 16.2 Å². The number of rotatable bonds is 7. The lowest BCUT2D eigenvalue weighted by Crippen LogP contribution is -2.37. The lowest BCUT2D eigenvalue weighted by molar-refractivity contribution is -0.116. The number of hydrogen-bond donors (Lipinski definition) is 2. The Morgan fingerprint density at radius 2 is 2.11 bits per heavy atom. The van der Waals surface area contributed by atoms with Gasteiger partial charge in [0.15, 0.2) is 0 Å². The molecule has 0 heterocycles. The number of anilines is 1. The van der Waals surface area contributed by atoms with E-state index in [2.05, 4.69) is 13.8 Å². The Morgan fingerprint density at radius 1 is 1.42 bits per heavy atom. The average molecular weight is 265 g/mol. The van der Waals surface area contributed by atoms with Gasteiger partial charge in [-0.25, -0.2) is 0 Å². The number of ether oxygens (including phenoxy) is 1. The van der Waals surface area contributed by atoms with Gasteiger partial charge in [0, 0.05) is 24.8 Å². The van der Waals surface area contributed by atoms with Crippen LogP contribution in [0, 0.1) is 5.92 Å². The largest absolute Gasteiger partial charge is 0.497 e. The molecule has 0 saturated carbocycles. The average Bonchev–Trinajstić information content (AvgIpc) is 2.36. The zero-order valence-electron chi connectivity index (χ0n) is 11.8. The fourth-order valence-electron chi connectivity index (χ4n) is 2.01. The van der Waals surface area contributed by atoms with Crippen molar-refractivity contribution in [2.45, 2.75) is 20.4 Å². The minimum Gasteiger partial charge on any atom is -0.497 e. The molecule has 0 spiro atoms. The van der Waals surface area contributed by atoms with E-state index in [0.29, 0.717) is 12.5 Å². The molecule has 4 N–H and O–H groups in total. The number of primary amides is 1. The summed E-state index contributed by atoms with van der Waals surface area (Å²) >= 11 is 0. The second-order valence-corrected chi connectivity index (χ2v) is 4.94. The molecule has 5 heteroatoms. The number of carbonyl (C=O) groups excluding carboxylic acids is 1. The summed E-state index contributed by atoms with van der Waals surface area (Å²) in [5.74, 6) is 0.799. The van der Waals surface area contributed by atoms with Crippen LogP contribution in [0.1, 0.15) is 19.4 Å². The zero-order chi connectivity index (χ0) is 14.4. The van der Waals surface area contributed by atoms with Crippen molar-refractivity contribution in [3.63, 3.8) is 0 Å². The molecule has 19 heavy (non-hydrogen) atoms. The Hall–Kier alpha value is -1.75. The number of amides is 1. The van der Waals surface area contributed by atoms with Gasteiger partial charge in [0.25, 0.3) is 0 Å². The summed E-state index contributed by atoms with van der Waals surface area (Å²) in [6.45, 7) is 5.51. The molecular formula is C14H23N3O2. The third kappa shape index (κ3) is 4.44. The first-order valence-electron chi connectivity index (χ1n) is 6.38. The summed E-state index contributed by atoms with van der Waals surface area (Å²) in [7, 11) is 1.61. The maximum absolute atomic E-state index is 11.2. The van der Waals surface area contributed by atoms with Crippen molar-refractivity contribution in [2.75, 3.05) is 25.1 Å². The van der Waals surface area contributed by atoms with Crippen molar-refractivity contribution in [1.82, 2.24) is 0 Å². The number of nitrogens with zero attached hydrogens (tertiary/aromatic N) is 1. The van der Waals surface area contributed by atoms with Gasteiger partial charge in [0.1, 0.15) is 5.75 Å². The van der Waals surface area contributed by atoms with Gasteiger partial charge < -0.3 is 21.1 Å². The molecule has 0 unspecified atom stereocenters. The van der Waals surface area contributed by atoms with Crippen molar-refractivity contribution in [2.24, 2.45) is 17.4 Å². The number of hydrogen-bond acceptors (Lipinski definition) is 4. The van der Waals surface area contributed by atoms with Crippen LogP contribution in [0.25, 0.3) is 0 Å². The predicted octanol–water partition coefficient (Wildman–Crippen LogP) is 1.10. The van der Waals surface area contributed by atoms with E-state index in [1.165, 1.54) is 0 Å². The zero-order valence-corrected chi connectivity index (χ0v) is 11.8. The summed E-state index contributed by atoms with van der Waals surface area (Å²) in [6, 6.07) is 5.68. The van der Waals surface area contributed by atoms with Gasteiger partial charge in [-0.05, 0) is 17.5 Å². The summed E-state index contributed by atoms with van der Waals surface area (Å²) in [6.07, 6.45) is 0. The van der Waals surface area contributed by atoms with E-state index in [1.54, 1.807) is 7.11 Å². The predicted molar refractivity (Wildman–Crippen MR) is 77.1 cm³/mol. The molecule has 1 aromatic rings. The van der Waals surface area contributed by atoms with Crippen LogP contribution in [0.3, 0.4) is 0 Å². The Labute approximate surface area is 114 Å². The molecule has 1 aromatic carbocycles. The molecule has 0 fully saturated rings. The molecule has 0 radical (unpaired) electrons. The highest BCUT2D eigenvalue weighted by atomic mass is 16.5. The summed E-state index contributed by atoms with van der Waals surface area (Å²) in [5.41, 5.74) is 13.0. The van der Waals surface area contributed by atoms with Crippen molar-refractivity contribution >= 4 is 11.6 Å². The molecule has 5 nitrogen and oxygen atoms in total. The maximum atomic E-state index is 11.2. The van der Waals surface area contributed by atoms with Gasteiger partial charge in [-0.2, -0.15) is 0 Å². The fraction of sp³-hybridized carbons (Fsp3) is 0.500. The Morgan fingerprint density at radius 3 is 2.58 bits per heavy atom. The van der Waals surface area contributed by atoms with Gasteiger partial charge in [0.05, 0.1) is 13.7 Å². The maximum Gasteiger partial charge on any atom is 0.236 e. The summed E-state index contributed by atoms with van der Waals surface area (Å²) in [5, 5.41) is 0. The van der Waals surface area contributed by atoms with Gasteiger partial charge in [0.2, 0.25) is 5.91 Å². The smallest absolute Gasteiger partial charge is 0.236 e. The van der Waals surface area contributed by atoms with Crippen molar-refractivity contribution in [1.29, 1.82) is 0 Å². The van der Waals surface area contributed by atoms with E-state index in [9.17, 15) is 4.79 Å². The van der Waals surface area contributed by atoms with Crippen LogP contribution < -0.4 is 21.1 Å². The number of nitrogens with two attached hydrogens (primary N) is 2. The molecule has 0 aliphatic rings. The normalized spacial score (nSPS) is 10.6. The summed E-state index contributed by atoms with van der Waals surface area (Å²) < 4.78 is 5.23. The number of methoxy groups -OCH3 is 1. The lowest BCUT2D eigenvalue weighted by atomic mass is 10.1. The number of carbonyl (C=O) groups is 1. The van der Waals surface area contributed by atoms with Crippen LogP contribution in [0.2, 0.25) is 0 Å². The van der Waals surface area contributed by atoms with Crippen LogP contribution in [0.5, 0.6) is 5.75 Å². The van der Waals surface area contributed by atoms with E-state index in [1.807, 2.05) is 23.1 Å². The van der Waals surface area contributed by atoms with Crippen molar-refractivity contribution in [3.8, 4) is 5.75 Å². The third-order valence-corrected chi connectivity index (χ3v) is 2.79. The second kappa shape index (κ2) is 6.99. The molecule has 1 rings (SSSR count). The molecule has 0 saturated heterocycles. The highest BCUT2D eigenvalue weighted by Gasteiger charge is 2.15. The first kappa shape index (κ1) is 15.3. The molecule has 0 aromatic heterocycles. The quantitative estimate of drug-likeness (QED) is 0.773. The highest BCUT2D eigenvalue weighted by molar-refractivity contribution is 5.80. The molecule has 0 aliphatic heterocycles. The highest BCUT2D eigenvalue weighted by Crippen LogP contribution is 2.26. The Balaban J connectivity index is 3.13. The molecule has 0 bridgehead atoms. The second-order valence-electron chi connectivity index (χ2n) is 4.94. The van der Waals surface area contributed by atoms with Crippen molar-refractivity contribution < 1.29 is 9.53 Å². The first-order valence-corrected chi connectivity index (χ1v) is 6.38. The molecular weight excluding hydrogens is 242 g/mol. The molecule has 106 valence electrons. The first-order chi connectivity index (χ1) is 8.97. The SMILES string of the molecule is COc1ccc(CN)c(N(CC(N)=O)CC(C)C)c1. The van der Waals surface area contributed by atoms with E-state index < -0.39 is 0 Å². The minimum atomic E-state index is -0.355. The molecule has 0 aliphatic carbocycles. The fourth-order valence-corrected chi connectivity index (χ4v) is 2.01. The standard InChI is InChI=1S/C14H23N3O2/c1-10(2)8-17(9-14(16)18)13-6-12(19-3)5-4-11(13)7-15/h4-6,10H,7-9,15H2,1-3H3,(H2,16,18). The number of benzene rings is 1. The van der Waals surface area contributed by atoms with Gasteiger partial charge in [-0.3, -0.25) is 4.79 Å². The minimum absolute atomic E-state index is 0.179. The van der Waals surface area contributed by atoms with Crippen LogP contribution >= 0.6 is 0 Å². The topological polar surface area (TPSA) is 81.6 Å². The van der Waals surface area contributed by atoms with Crippen LogP contribution in [0.15, 0.2) is 18.2 Å². The Bertz CT molecular complexity index is 433. The van der Waals surface area contributed by atoms with Gasteiger partial charge in [-0.1, -0.05) is 19.9 Å². The van der Waals surface area contributed by atoms with Gasteiger partial charge in [-0.15, -0.1) is 0 Å². The van der Waals surface area contributed by atoms with Gasteiger partial charge >= 0.3 is 0 Å². The Kier molecular flexibility index (Phi) is 5.63. The summed E-state index contributed by atoms with van der Waals surface area (Å²) in [4.78, 5) is 13.2. The third-order valence-electron chi connectivity index (χ3n) is 2.79. The van der Waals surface area contributed by atoms with Crippen LogP contribution in [-0.4, -0.2) is 26.1 Å². The molecule has 0 atom stereocenters. The van der Waals surface area contributed by atoms with E-state index in [-0.39, 0.29) is 12.5 Å². The van der Waals surface area contributed by atoms with E-state index >= 15 is 0 Å². The van der Waals surface area contributed by atoms with Crippen LogP contribution in [-0.2, 0) is 11.3 Å². The molecule has 1 amide bonds. The van der Waals surface area contributed by atoms with Crippen LogP contribution in [0.4, 0.5) is 5.69 Å². The van der Waals surface area contributed by atoms with E-state index in [0.717, 1.165) is 23.5 Å². The lowest BCUT2D eigenvalue weighted by Gasteiger charge is -2.27.